The minimum Gasteiger partial charge on any atom is -0.351 e. The molecule has 0 saturated carbocycles. The molecular weight excluding hydrogens is 196 g/mol. The van der Waals surface area contributed by atoms with Crippen LogP contribution in [0.3, 0.4) is 0 Å². The van der Waals surface area contributed by atoms with E-state index in [2.05, 4.69) is 20.4 Å². The molecule has 76 valence electrons. The van der Waals surface area contributed by atoms with Crippen LogP contribution >= 0.6 is 0 Å². The van der Waals surface area contributed by atoms with Crippen molar-refractivity contribution in [2.45, 2.75) is 0 Å². The number of carbonyl (C=O) groups excluding carboxylic acids is 1. The lowest BCUT2D eigenvalue weighted by Gasteiger charge is -1.90. The van der Waals surface area contributed by atoms with Crippen LogP contribution in [-0.4, -0.2) is 28.1 Å². The third kappa shape index (κ3) is 1.83. The summed E-state index contributed by atoms with van der Waals surface area (Å²) in [4.78, 5) is 19.0. The first-order chi connectivity index (χ1) is 7.31. The molecule has 0 radical (unpaired) electrons. The standard InChI is InChI=1S/C9H8N4O2/c1-10-8(14)9-12-7(13-15-9)6-3-2-4-11-5-6/h2-5H,1H3,(H,10,14). The van der Waals surface area contributed by atoms with Crippen LogP contribution in [0.5, 0.6) is 0 Å². The Morgan fingerprint density at radius 2 is 2.40 bits per heavy atom. The van der Waals surface area contributed by atoms with E-state index in [0.717, 1.165) is 0 Å². The van der Waals surface area contributed by atoms with Gasteiger partial charge in [0.1, 0.15) is 0 Å². The lowest BCUT2D eigenvalue weighted by Crippen LogP contribution is -2.17. The summed E-state index contributed by atoms with van der Waals surface area (Å²) in [5.74, 6) is -0.115. The highest BCUT2D eigenvalue weighted by Gasteiger charge is 2.13. The Morgan fingerprint density at radius 3 is 3.07 bits per heavy atom. The molecule has 0 fully saturated rings. The predicted octanol–water partition coefficient (Wildman–Crippen LogP) is 0.491. The van der Waals surface area contributed by atoms with Gasteiger partial charge in [0.25, 0.3) is 0 Å². The van der Waals surface area contributed by atoms with E-state index in [-0.39, 0.29) is 5.89 Å². The van der Waals surface area contributed by atoms with Crippen molar-refractivity contribution in [3.05, 3.63) is 30.4 Å². The van der Waals surface area contributed by atoms with E-state index in [1.54, 1.807) is 24.5 Å². The van der Waals surface area contributed by atoms with E-state index in [1.807, 2.05) is 0 Å². The van der Waals surface area contributed by atoms with E-state index in [4.69, 9.17) is 4.52 Å². The molecule has 6 nitrogen and oxygen atoms in total. The molecule has 0 atom stereocenters. The second-order valence-corrected chi connectivity index (χ2v) is 2.74. The van der Waals surface area contributed by atoms with Gasteiger partial charge in [-0.3, -0.25) is 9.78 Å². The summed E-state index contributed by atoms with van der Waals surface area (Å²) in [7, 11) is 1.50. The Morgan fingerprint density at radius 1 is 1.53 bits per heavy atom. The van der Waals surface area contributed by atoms with Crippen molar-refractivity contribution in [3.63, 3.8) is 0 Å². The highest BCUT2D eigenvalue weighted by atomic mass is 16.5. The molecule has 0 aliphatic carbocycles. The number of rotatable bonds is 2. The molecule has 15 heavy (non-hydrogen) atoms. The van der Waals surface area contributed by atoms with Crippen molar-refractivity contribution in [2.75, 3.05) is 7.05 Å². The SMILES string of the molecule is CNC(=O)c1nc(-c2cccnc2)no1. The Kier molecular flexibility index (Phi) is 2.40. The number of nitrogens with zero attached hydrogens (tertiary/aromatic N) is 3. The number of nitrogens with one attached hydrogen (secondary N) is 1. The number of hydrogen-bond donors (Lipinski definition) is 1. The van der Waals surface area contributed by atoms with Crippen molar-refractivity contribution in [3.8, 4) is 11.4 Å². The fourth-order valence-electron chi connectivity index (χ4n) is 1.03. The average Bonchev–Trinajstić information content (AvgIpc) is 2.78. The van der Waals surface area contributed by atoms with Crippen LogP contribution < -0.4 is 5.32 Å². The van der Waals surface area contributed by atoms with Gasteiger partial charge in [-0.1, -0.05) is 5.16 Å². The topological polar surface area (TPSA) is 80.9 Å². The summed E-state index contributed by atoms with van der Waals surface area (Å²) in [5, 5.41) is 6.06. The second kappa shape index (κ2) is 3.87. The zero-order valence-corrected chi connectivity index (χ0v) is 7.97. The van der Waals surface area contributed by atoms with Crippen LogP contribution in [0.2, 0.25) is 0 Å². The van der Waals surface area contributed by atoms with Crippen molar-refractivity contribution >= 4 is 5.91 Å². The third-order valence-electron chi connectivity index (χ3n) is 1.77. The summed E-state index contributed by atoms with van der Waals surface area (Å²) >= 11 is 0. The van der Waals surface area contributed by atoms with Gasteiger partial charge in [-0.2, -0.15) is 4.98 Å². The molecule has 0 saturated heterocycles. The molecule has 0 aromatic carbocycles. The number of aromatic nitrogens is 3. The zero-order valence-electron chi connectivity index (χ0n) is 7.97. The number of amides is 1. The number of hydrogen-bond acceptors (Lipinski definition) is 5. The maximum Gasteiger partial charge on any atom is 0.316 e. The molecule has 0 aliphatic rings. The Bertz CT molecular complexity index is 466. The number of carbonyl (C=O) groups is 1. The molecule has 0 unspecified atom stereocenters. The first kappa shape index (κ1) is 9.32. The summed E-state index contributed by atoms with van der Waals surface area (Å²) in [6.07, 6.45) is 3.24. The summed E-state index contributed by atoms with van der Waals surface area (Å²) in [6, 6.07) is 3.54. The van der Waals surface area contributed by atoms with Gasteiger partial charge < -0.3 is 9.84 Å². The second-order valence-electron chi connectivity index (χ2n) is 2.74. The minimum atomic E-state index is -0.405. The van der Waals surface area contributed by atoms with Gasteiger partial charge in [0.2, 0.25) is 5.82 Å². The van der Waals surface area contributed by atoms with E-state index in [0.29, 0.717) is 11.4 Å². The number of pyridine rings is 1. The molecule has 2 rings (SSSR count). The van der Waals surface area contributed by atoms with Crippen molar-refractivity contribution < 1.29 is 9.32 Å². The Balaban J connectivity index is 2.32. The molecule has 0 spiro atoms. The molecule has 0 aliphatic heterocycles. The van der Waals surface area contributed by atoms with Crippen molar-refractivity contribution in [1.29, 1.82) is 0 Å². The Hall–Kier alpha value is -2.24. The lowest BCUT2D eigenvalue weighted by atomic mass is 10.3. The largest absolute Gasteiger partial charge is 0.351 e. The van der Waals surface area contributed by atoms with E-state index in [1.165, 1.54) is 7.05 Å². The summed E-state index contributed by atoms with van der Waals surface area (Å²) in [6.45, 7) is 0. The molecular formula is C9H8N4O2. The highest BCUT2D eigenvalue weighted by molar-refractivity contribution is 5.89. The van der Waals surface area contributed by atoms with Gasteiger partial charge in [-0.15, -0.1) is 0 Å². The van der Waals surface area contributed by atoms with Crippen molar-refractivity contribution in [1.82, 2.24) is 20.4 Å². The normalized spacial score (nSPS) is 9.93. The molecule has 0 bridgehead atoms. The smallest absolute Gasteiger partial charge is 0.316 e. The van der Waals surface area contributed by atoms with Gasteiger partial charge >= 0.3 is 11.8 Å². The van der Waals surface area contributed by atoms with Gasteiger partial charge in [0, 0.05) is 25.0 Å². The van der Waals surface area contributed by atoms with Gasteiger partial charge in [0.05, 0.1) is 0 Å². The molecule has 2 aromatic rings. The fraction of sp³-hybridized carbons (Fsp3) is 0.111. The monoisotopic (exact) mass is 204 g/mol. The van der Waals surface area contributed by atoms with Crippen LogP contribution in [0.4, 0.5) is 0 Å². The van der Waals surface area contributed by atoms with Gasteiger partial charge in [-0.05, 0) is 12.1 Å². The van der Waals surface area contributed by atoms with E-state index < -0.39 is 5.91 Å². The first-order valence-electron chi connectivity index (χ1n) is 4.27. The molecule has 1 N–H and O–H groups in total. The lowest BCUT2D eigenvalue weighted by molar-refractivity contribution is 0.0919. The van der Waals surface area contributed by atoms with Crippen LogP contribution in [0.1, 0.15) is 10.7 Å². The van der Waals surface area contributed by atoms with Crippen LogP contribution in [0.15, 0.2) is 29.0 Å². The highest BCUT2D eigenvalue weighted by Crippen LogP contribution is 2.13. The van der Waals surface area contributed by atoms with E-state index in [9.17, 15) is 4.79 Å². The predicted molar refractivity (Wildman–Crippen MR) is 50.9 cm³/mol. The quantitative estimate of drug-likeness (QED) is 0.769. The van der Waals surface area contributed by atoms with Crippen LogP contribution in [0, 0.1) is 0 Å². The van der Waals surface area contributed by atoms with Crippen molar-refractivity contribution in [2.24, 2.45) is 0 Å². The average molecular weight is 204 g/mol. The third-order valence-corrected chi connectivity index (χ3v) is 1.77. The molecule has 2 heterocycles. The fourth-order valence-corrected chi connectivity index (χ4v) is 1.03. The molecule has 6 heteroatoms. The maximum absolute atomic E-state index is 11.1. The van der Waals surface area contributed by atoms with Gasteiger partial charge in [-0.25, -0.2) is 0 Å². The zero-order chi connectivity index (χ0) is 10.7. The maximum atomic E-state index is 11.1. The van der Waals surface area contributed by atoms with Gasteiger partial charge in [0.15, 0.2) is 0 Å². The Labute approximate surface area is 85.3 Å². The van der Waals surface area contributed by atoms with Crippen LogP contribution in [0.25, 0.3) is 11.4 Å². The van der Waals surface area contributed by atoms with Crippen LogP contribution in [-0.2, 0) is 0 Å². The molecule has 1 amide bonds. The minimum absolute atomic E-state index is 0.0589. The summed E-state index contributed by atoms with van der Waals surface area (Å²) < 4.78 is 4.77. The molecule has 2 aromatic heterocycles. The summed E-state index contributed by atoms with van der Waals surface area (Å²) in [5.41, 5.74) is 0.705. The van der Waals surface area contributed by atoms with E-state index >= 15 is 0 Å². The first-order valence-corrected chi connectivity index (χ1v) is 4.27.